The Bertz CT molecular complexity index is 406. The van der Waals surface area contributed by atoms with Crippen molar-refractivity contribution in [2.45, 2.75) is 0 Å². The van der Waals surface area contributed by atoms with Crippen LogP contribution in [0.3, 0.4) is 0 Å². The fourth-order valence-electron chi connectivity index (χ4n) is 1.18. The summed E-state index contributed by atoms with van der Waals surface area (Å²) in [7, 11) is 4.01. The van der Waals surface area contributed by atoms with E-state index < -0.39 is 0 Å². The minimum atomic E-state index is 1.02. The zero-order chi connectivity index (χ0) is 9.97. The highest BCUT2D eigenvalue weighted by atomic mass is 32.1. The van der Waals surface area contributed by atoms with Gasteiger partial charge in [-0.25, -0.2) is 4.98 Å². The minimum absolute atomic E-state index is 1.02. The van der Waals surface area contributed by atoms with E-state index in [2.05, 4.69) is 22.5 Å². The van der Waals surface area contributed by atoms with Crippen LogP contribution in [0.25, 0.3) is 10.6 Å². The van der Waals surface area contributed by atoms with Crippen molar-refractivity contribution >= 4 is 17.2 Å². The van der Waals surface area contributed by atoms with Gasteiger partial charge in [0.25, 0.3) is 0 Å². The summed E-state index contributed by atoms with van der Waals surface area (Å²) in [6.07, 6.45) is 0. The Balaban J connectivity index is 2.34. The zero-order valence-corrected chi connectivity index (χ0v) is 9.08. The van der Waals surface area contributed by atoms with E-state index in [0.717, 1.165) is 10.8 Å². The highest BCUT2D eigenvalue weighted by molar-refractivity contribution is 7.13. The molecule has 2 aromatic rings. The van der Waals surface area contributed by atoms with E-state index in [1.54, 1.807) is 11.3 Å². The average molecular weight is 204 g/mol. The first-order valence-electron chi connectivity index (χ1n) is 4.45. The number of anilines is 1. The molecule has 2 nitrogen and oxygen atoms in total. The lowest BCUT2D eigenvalue weighted by Gasteiger charge is -2.06. The standard InChI is InChI=1S/C11H12N2S/c1-13(2)10-8-14-11(12-10)9-6-4-3-5-7-9/h3-8H,1-2H3. The van der Waals surface area contributed by atoms with Crippen molar-refractivity contribution in [2.75, 3.05) is 19.0 Å². The lowest BCUT2D eigenvalue weighted by Crippen LogP contribution is -2.08. The van der Waals surface area contributed by atoms with Crippen molar-refractivity contribution in [2.24, 2.45) is 0 Å². The quantitative estimate of drug-likeness (QED) is 0.747. The summed E-state index contributed by atoms with van der Waals surface area (Å²) < 4.78 is 0. The Hall–Kier alpha value is -1.35. The number of nitrogens with zero attached hydrogens (tertiary/aromatic N) is 2. The van der Waals surface area contributed by atoms with Crippen LogP contribution in [0.4, 0.5) is 5.82 Å². The number of aromatic nitrogens is 1. The first kappa shape index (κ1) is 9.21. The lowest BCUT2D eigenvalue weighted by atomic mass is 10.2. The average Bonchev–Trinajstić information content (AvgIpc) is 2.68. The van der Waals surface area contributed by atoms with Crippen molar-refractivity contribution in [3.8, 4) is 10.6 Å². The van der Waals surface area contributed by atoms with E-state index in [9.17, 15) is 0 Å². The molecule has 1 heterocycles. The summed E-state index contributed by atoms with van der Waals surface area (Å²) in [6, 6.07) is 10.2. The smallest absolute Gasteiger partial charge is 0.139 e. The first-order valence-corrected chi connectivity index (χ1v) is 5.33. The van der Waals surface area contributed by atoms with Crippen LogP contribution in [0, 0.1) is 0 Å². The summed E-state index contributed by atoms with van der Waals surface area (Å²) in [5, 5.41) is 3.15. The molecule has 0 atom stereocenters. The normalized spacial score (nSPS) is 10.1. The molecule has 3 heteroatoms. The van der Waals surface area contributed by atoms with E-state index in [4.69, 9.17) is 0 Å². The Morgan fingerprint density at radius 2 is 1.86 bits per heavy atom. The molecule has 2 rings (SSSR count). The van der Waals surface area contributed by atoms with Crippen LogP contribution < -0.4 is 4.90 Å². The molecule has 0 aliphatic heterocycles. The monoisotopic (exact) mass is 204 g/mol. The molecule has 14 heavy (non-hydrogen) atoms. The van der Waals surface area contributed by atoms with E-state index >= 15 is 0 Å². The molecular weight excluding hydrogens is 192 g/mol. The second kappa shape index (κ2) is 3.80. The predicted octanol–water partition coefficient (Wildman–Crippen LogP) is 2.88. The van der Waals surface area contributed by atoms with E-state index in [1.807, 2.05) is 37.2 Å². The van der Waals surface area contributed by atoms with Crippen molar-refractivity contribution in [1.82, 2.24) is 4.98 Å². The minimum Gasteiger partial charge on any atom is -0.362 e. The third kappa shape index (κ3) is 1.77. The van der Waals surface area contributed by atoms with Crippen LogP contribution in [-0.2, 0) is 0 Å². The molecule has 72 valence electrons. The molecule has 0 bridgehead atoms. The van der Waals surface area contributed by atoms with Crippen LogP contribution in [0.15, 0.2) is 35.7 Å². The maximum Gasteiger partial charge on any atom is 0.139 e. The van der Waals surface area contributed by atoms with Gasteiger partial charge < -0.3 is 4.90 Å². The second-order valence-electron chi connectivity index (χ2n) is 3.27. The van der Waals surface area contributed by atoms with Gasteiger partial charge in [-0.1, -0.05) is 30.3 Å². The predicted molar refractivity (Wildman–Crippen MR) is 61.9 cm³/mol. The molecule has 0 amide bonds. The molecule has 0 fully saturated rings. The van der Waals surface area contributed by atoms with Crippen LogP contribution in [0.2, 0.25) is 0 Å². The molecule has 1 aromatic heterocycles. The SMILES string of the molecule is CN(C)c1csc(-c2ccccc2)n1. The van der Waals surface area contributed by atoms with Gasteiger partial charge in [0.2, 0.25) is 0 Å². The third-order valence-corrected chi connectivity index (χ3v) is 2.85. The molecule has 1 aromatic carbocycles. The lowest BCUT2D eigenvalue weighted by molar-refractivity contribution is 1.09. The fourth-order valence-corrected chi connectivity index (χ4v) is 2.08. The van der Waals surface area contributed by atoms with Crippen LogP contribution >= 0.6 is 11.3 Å². The molecule has 0 saturated heterocycles. The van der Waals surface area contributed by atoms with Crippen molar-refractivity contribution < 1.29 is 0 Å². The van der Waals surface area contributed by atoms with Gasteiger partial charge in [-0.15, -0.1) is 11.3 Å². The van der Waals surface area contributed by atoms with Crippen LogP contribution in [-0.4, -0.2) is 19.1 Å². The summed E-state index contributed by atoms with van der Waals surface area (Å²) in [4.78, 5) is 6.54. The molecule has 0 aliphatic rings. The van der Waals surface area contributed by atoms with Crippen molar-refractivity contribution in [1.29, 1.82) is 0 Å². The molecule has 0 unspecified atom stereocenters. The fraction of sp³-hybridized carbons (Fsp3) is 0.182. The maximum absolute atomic E-state index is 4.52. The van der Waals surface area contributed by atoms with Gasteiger partial charge in [0.1, 0.15) is 10.8 Å². The summed E-state index contributed by atoms with van der Waals surface area (Å²) in [5.74, 6) is 1.02. The Morgan fingerprint density at radius 3 is 2.43 bits per heavy atom. The number of thiazole rings is 1. The topological polar surface area (TPSA) is 16.1 Å². The Labute approximate surface area is 87.8 Å². The van der Waals surface area contributed by atoms with Crippen LogP contribution in [0.5, 0.6) is 0 Å². The van der Waals surface area contributed by atoms with Crippen molar-refractivity contribution in [3.63, 3.8) is 0 Å². The zero-order valence-electron chi connectivity index (χ0n) is 8.27. The molecule has 0 aliphatic carbocycles. The highest BCUT2D eigenvalue weighted by Crippen LogP contribution is 2.26. The number of benzene rings is 1. The van der Waals surface area contributed by atoms with Crippen LogP contribution in [0.1, 0.15) is 0 Å². The summed E-state index contributed by atoms with van der Waals surface area (Å²) in [5.41, 5.74) is 1.19. The largest absolute Gasteiger partial charge is 0.362 e. The van der Waals surface area contributed by atoms with Gasteiger partial charge in [-0.3, -0.25) is 0 Å². The summed E-state index contributed by atoms with van der Waals surface area (Å²) in [6.45, 7) is 0. The number of hydrogen-bond donors (Lipinski definition) is 0. The van der Waals surface area contributed by atoms with E-state index in [-0.39, 0.29) is 0 Å². The first-order chi connectivity index (χ1) is 6.77. The Morgan fingerprint density at radius 1 is 1.14 bits per heavy atom. The van der Waals surface area contributed by atoms with Gasteiger partial charge in [0.15, 0.2) is 0 Å². The number of rotatable bonds is 2. The number of hydrogen-bond acceptors (Lipinski definition) is 3. The van der Waals surface area contributed by atoms with Gasteiger partial charge in [-0.2, -0.15) is 0 Å². The van der Waals surface area contributed by atoms with E-state index in [1.165, 1.54) is 5.56 Å². The third-order valence-electron chi connectivity index (χ3n) is 1.97. The highest BCUT2D eigenvalue weighted by Gasteiger charge is 2.04. The van der Waals surface area contributed by atoms with Gasteiger partial charge in [-0.05, 0) is 0 Å². The molecule has 0 radical (unpaired) electrons. The van der Waals surface area contributed by atoms with Crippen molar-refractivity contribution in [3.05, 3.63) is 35.7 Å². The van der Waals surface area contributed by atoms with Gasteiger partial charge in [0, 0.05) is 25.0 Å². The second-order valence-corrected chi connectivity index (χ2v) is 4.13. The molecule has 0 saturated carbocycles. The maximum atomic E-state index is 4.52. The van der Waals surface area contributed by atoms with E-state index in [0.29, 0.717) is 0 Å². The molecular formula is C11H12N2S. The Kier molecular flexibility index (Phi) is 2.50. The van der Waals surface area contributed by atoms with Gasteiger partial charge in [0.05, 0.1) is 0 Å². The van der Waals surface area contributed by atoms with Gasteiger partial charge >= 0.3 is 0 Å². The molecule has 0 N–H and O–H groups in total. The summed E-state index contributed by atoms with van der Waals surface area (Å²) >= 11 is 1.68. The molecule has 0 spiro atoms.